The van der Waals surface area contributed by atoms with Gasteiger partial charge in [0.1, 0.15) is 5.75 Å². The van der Waals surface area contributed by atoms with E-state index in [0.717, 1.165) is 41.7 Å². The molecule has 0 saturated carbocycles. The van der Waals surface area contributed by atoms with E-state index < -0.39 is 0 Å². The van der Waals surface area contributed by atoms with Crippen molar-refractivity contribution >= 4 is 22.6 Å². The van der Waals surface area contributed by atoms with Crippen LogP contribution in [0.3, 0.4) is 0 Å². The molecule has 3 aromatic rings. The fraction of sp³-hybridized carbons (Fsp3) is 0.391. The van der Waals surface area contributed by atoms with E-state index in [-0.39, 0.29) is 17.9 Å². The monoisotopic (exact) mass is 392 g/mol. The molecule has 0 unspecified atom stereocenters. The van der Waals surface area contributed by atoms with Crippen LogP contribution >= 0.6 is 0 Å². The molecule has 6 heteroatoms. The molecule has 1 saturated heterocycles. The molecule has 0 spiro atoms. The van der Waals surface area contributed by atoms with Crippen LogP contribution in [0, 0.1) is 5.92 Å². The van der Waals surface area contributed by atoms with E-state index >= 15 is 0 Å². The van der Waals surface area contributed by atoms with E-state index in [4.69, 9.17) is 9.84 Å². The third-order valence-electron chi connectivity index (χ3n) is 5.27. The Hall–Kier alpha value is -2.86. The summed E-state index contributed by atoms with van der Waals surface area (Å²) in [6.45, 7) is 6.40. The van der Waals surface area contributed by atoms with Crippen molar-refractivity contribution in [3.05, 3.63) is 54.1 Å². The average Bonchev–Trinajstić information content (AvgIpc) is 3.26. The lowest BCUT2D eigenvalue weighted by molar-refractivity contribution is -0.119. The predicted molar refractivity (Wildman–Crippen MR) is 115 cm³/mol. The number of ether oxygens (including phenoxy) is 1. The van der Waals surface area contributed by atoms with Crippen LogP contribution in [-0.4, -0.2) is 46.8 Å². The second kappa shape index (κ2) is 8.25. The standard InChI is InChI=1S/C23H28N4O2/c1-16(2)29-19-9-10-20-21(13-19)27(14-17-7-5-4-6-8-17)25-22(20)24-23(28)18-11-12-26(3)15-18/h4-10,13,16,18H,11-12,14-15H2,1-3H3,(H,24,25,28)/t18-/m0/s1. The Balaban J connectivity index is 1.67. The highest BCUT2D eigenvalue weighted by Gasteiger charge is 2.27. The molecule has 1 aliphatic heterocycles. The van der Waals surface area contributed by atoms with Crippen LogP contribution in [0.4, 0.5) is 5.82 Å². The van der Waals surface area contributed by atoms with Gasteiger partial charge in [0, 0.05) is 18.0 Å². The number of nitrogens with zero attached hydrogens (tertiary/aromatic N) is 3. The number of amides is 1. The van der Waals surface area contributed by atoms with Gasteiger partial charge in [-0.25, -0.2) is 0 Å². The van der Waals surface area contributed by atoms with Crippen LogP contribution in [0.15, 0.2) is 48.5 Å². The van der Waals surface area contributed by atoms with Crippen LogP contribution in [0.1, 0.15) is 25.8 Å². The molecular formula is C23H28N4O2. The Labute approximate surface area is 171 Å². The smallest absolute Gasteiger partial charge is 0.230 e. The lowest BCUT2D eigenvalue weighted by Gasteiger charge is -2.11. The Morgan fingerprint density at radius 1 is 1.24 bits per heavy atom. The van der Waals surface area contributed by atoms with Crippen LogP contribution in [-0.2, 0) is 11.3 Å². The van der Waals surface area contributed by atoms with Crippen molar-refractivity contribution in [3.8, 4) is 5.75 Å². The van der Waals surface area contributed by atoms with Crippen molar-refractivity contribution < 1.29 is 9.53 Å². The van der Waals surface area contributed by atoms with Crippen molar-refractivity contribution in [1.29, 1.82) is 0 Å². The normalized spacial score (nSPS) is 17.2. The first kappa shape index (κ1) is 19.5. The van der Waals surface area contributed by atoms with E-state index in [2.05, 4.69) is 22.3 Å². The summed E-state index contributed by atoms with van der Waals surface area (Å²) in [6, 6.07) is 16.1. The van der Waals surface area contributed by atoms with Crippen molar-refractivity contribution in [3.63, 3.8) is 0 Å². The Morgan fingerprint density at radius 3 is 2.72 bits per heavy atom. The summed E-state index contributed by atoms with van der Waals surface area (Å²) in [4.78, 5) is 15.0. The van der Waals surface area contributed by atoms with Gasteiger partial charge in [-0.1, -0.05) is 30.3 Å². The molecule has 29 heavy (non-hydrogen) atoms. The summed E-state index contributed by atoms with van der Waals surface area (Å²) in [5, 5.41) is 8.75. The van der Waals surface area contributed by atoms with Crippen molar-refractivity contribution in [2.45, 2.75) is 32.9 Å². The first-order chi connectivity index (χ1) is 14.0. The van der Waals surface area contributed by atoms with Crippen LogP contribution in [0.25, 0.3) is 10.9 Å². The molecule has 0 radical (unpaired) electrons. The van der Waals surface area contributed by atoms with Gasteiger partial charge in [0.15, 0.2) is 5.82 Å². The number of anilines is 1. The van der Waals surface area contributed by atoms with Gasteiger partial charge < -0.3 is 15.0 Å². The second-order valence-corrected chi connectivity index (χ2v) is 8.07. The van der Waals surface area contributed by atoms with Gasteiger partial charge in [0.05, 0.1) is 24.1 Å². The Kier molecular flexibility index (Phi) is 5.53. The molecule has 1 atom stereocenters. The Bertz CT molecular complexity index is 997. The number of carbonyl (C=O) groups is 1. The van der Waals surface area contributed by atoms with Gasteiger partial charge in [-0.15, -0.1) is 0 Å². The van der Waals surface area contributed by atoms with E-state index in [1.54, 1.807) is 0 Å². The number of rotatable bonds is 6. The number of nitrogens with one attached hydrogen (secondary N) is 1. The zero-order chi connectivity index (χ0) is 20.4. The van der Waals surface area contributed by atoms with Gasteiger partial charge >= 0.3 is 0 Å². The molecule has 1 aromatic heterocycles. The van der Waals surface area contributed by atoms with Crippen molar-refractivity contribution in [2.75, 3.05) is 25.5 Å². The lowest BCUT2D eigenvalue weighted by Crippen LogP contribution is -2.25. The number of carbonyl (C=O) groups excluding carboxylic acids is 1. The number of hydrogen-bond donors (Lipinski definition) is 1. The summed E-state index contributed by atoms with van der Waals surface area (Å²) in [7, 11) is 2.05. The van der Waals surface area contributed by atoms with Crippen molar-refractivity contribution in [2.24, 2.45) is 5.92 Å². The molecular weight excluding hydrogens is 364 g/mol. The number of likely N-dealkylation sites (tertiary alicyclic amines) is 1. The van der Waals surface area contributed by atoms with Crippen LogP contribution in [0.5, 0.6) is 5.75 Å². The van der Waals surface area contributed by atoms with Gasteiger partial charge in [-0.2, -0.15) is 5.10 Å². The zero-order valence-corrected chi connectivity index (χ0v) is 17.3. The van der Waals surface area contributed by atoms with E-state index in [9.17, 15) is 4.79 Å². The minimum absolute atomic E-state index is 0.0119. The predicted octanol–water partition coefficient (Wildman–Crippen LogP) is 3.76. The molecule has 0 bridgehead atoms. The molecule has 0 aliphatic carbocycles. The highest BCUT2D eigenvalue weighted by molar-refractivity contribution is 6.01. The minimum atomic E-state index is 0.0119. The topological polar surface area (TPSA) is 59.4 Å². The first-order valence-corrected chi connectivity index (χ1v) is 10.2. The highest BCUT2D eigenvalue weighted by atomic mass is 16.5. The first-order valence-electron chi connectivity index (χ1n) is 10.2. The number of benzene rings is 2. The SMILES string of the molecule is CC(C)Oc1ccc2c(NC(=O)[C@H]3CCN(C)C3)nn(Cc3ccccc3)c2c1. The fourth-order valence-corrected chi connectivity index (χ4v) is 3.84. The molecule has 1 amide bonds. The Morgan fingerprint density at radius 2 is 2.03 bits per heavy atom. The van der Waals surface area contributed by atoms with Gasteiger partial charge in [0.25, 0.3) is 0 Å². The number of fused-ring (bicyclic) bond motifs is 1. The summed E-state index contributed by atoms with van der Waals surface area (Å²) in [6.07, 6.45) is 0.980. The molecule has 2 aromatic carbocycles. The second-order valence-electron chi connectivity index (χ2n) is 8.07. The van der Waals surface area contributed by atoms with Gasteiger partial charge in [-0.05, 0) is 51.6 Å². The molecule has 2 heterocycles. The van der Waals surface area contributed by atoms with E-state index in [1.165, 1.54) is 0 Å². The van der Waals surface area contributed by atoms with Crippen molar-refractivity contribution in [1.82, 2.24) is 14.7 Å². The van der Waals surface area contributed by atoms with E-state index in [0.29, 0.717) is 12.4 Å². The van der Waals surface area contributed by atoms with Gasteiger partial charge in [0.2, 0.25) is 5.91 Å². The molecule has 6 nitrogen and oxygen atoms in total. The maximum absolute atomic E-state index is 12.8. The summed E-state index contributed by atoms with van der Waals surface area (Å²) >= 11 is 0. The van der Waals surface area contributed by atoms with E-state index in [1.807, 2.05) is 62.0 Å². The molecule has 1 fully saturated rings. The minimum Gasteiger partial charge on any atom is -0.491 e. The van der Waals surface area contributed by atoms with Gasteiger partial charge in [-0.3, -0.25) is 9.48 Å². The quantitative estimate of drug-likeness (QED) is 0.694. The highest BCUT2D eigenvalue weighted by Crippen LogP contribution is 2.29. The fourth-order valence-electron chi connectivity index (χ4n) is 3.84. The summed E-state index contributed by atoms with van der Waals surface area (Å²) < 4.78 is 7.82. The molecule has 1 aliphatic rings. The maximum atomic E-state index is 12.8. The number of aromatic nitrogens is 2. The largest absolute Gasteiger partial charge is 0.491 e. The average molecular weight is 393 g/mol. The lowest BCUT2D eigenvalue weighted by atomic mass is 10.1. The maximum Gasteiger partial charge on any atom is 0.230 e. The molecule has 1 N–H and O–H groups in total. The molecule has 4 rings (SSSR count). The third-order valence-corrected chi connectivity index (χ3v) is 5.27. The summed E-state index contributed by atoms with van der Waals surface area (Å²) in [5.41, 5.74) is 2.10. The zero-order valence-electron chi connectivity index (χ0n) is 17.3. The van der Waals surface area contributed by atoms with Crippen LogP contribution < -0.4 is 10.1 Å². The van der Waals surface area contributed by atoms with Crippen LogP contribution in [0.2, 0.25) is 0 Å². The third kappa shape index (κ3) is 4.43. The molecule has 152 valence electrons. The number of hydrogen-bond acceptors (Lipinski definition) is 4. The summed E-state index contributed by atoms with van der Waals surface area (Å²) in [5.74, 6) is 1.48.